The van der Waals surface area contributed by atoms with E-state index < -0.39 is 0 Å². The maximum atomic E-state index is 12.3. The average Bonchev–Trinajstić information content (AvgIpc) is 2.96. The van der Waals surface area contributed by atoms with Crippen molar-refractivity contribution < 1.29 is 4.79 Å². The van der Waals surface area contributed by atoms with Gasteiger partial charge in [0.2, 0.25) is 5.82 Å². The van der Waals surface area contributed by atoms with Crippen LogP contribution in [0.15, 0.2) is 5.38 Å². The normalized spacial score (nSPS) is 15.1. The Morgan fingerprint density at radius 3 is 2.87 bits per heavy atom. The van der Waals surface area contributed by atoms with Crippen LogP contribution in [-0.2, 0) is 0 Å². The van der Waals surface area contributed by atoms with E-state index in [0.717, 1.165) is 54.2 Å². The van der Waals surface area contributed by atoms with E-state index in [1.807, 2.05) is 17.1 Å². The van der Waals surface area contributed by atoms with Gasteiger partial charge in [-0.05, 0) is 13.3 Å². The monoisotopic (exact) mass is 350 g/mol. The number of aryl methyl sites for hydroxylation is 1. The highest BCUT2D eigenvalue weighted by Crippen LogP contribution is 2.32. The number of rotatable bonds is 5. The first-order valence-electron chi connectivity index (χ1n) is 8.07. The van der Waals surface area contributed by atoms with Crippen LogP contribution in [0.3, 0.4) is 0 Å². The number of carbonyl (C=O) groups excluding carboxylic acids is 1. The van der Waals surface area contributed by atoms with Gasteiger partial charge >= 0.3 is 0 Å². The fourth-order valence-electron chi connectivity index (χ4n) is 2.66. The molecule has 0 radical (unpaired) electrons. The van der Waals surface area contributed by atoms with Crippen LogP contribution in [0.5, 0.6) is 0 Å². The second kappa shape index (κ2) is 7.49. The molecule has 0 aromatic carbocycles. The first-order chi connectivity index (χ1) is 11.2. The van der Waals surface area contributed by atoms with Crippen molar-refractivity contribution in [2.75, 3.05) is 36.0 Å². The quantitative estimate of drug-likeness (QED) is 0.840. The molecule has 1 fully saturated rings. The summed E-state index contributed by atoms with van der Waals surface area (Å²) in [5.74, 6) is 3.26. The van der Waals surface area contributed by atoms with Crippen LogP contribution < -0.4 is 10.2 Å². The van der Waals surface area contributed by atoms with Crippen molar-refractivity contribution in [2.45, 2.75) is 26.7 Å². The summed E-state index contributed by atoms with van der Waals surface area (Å²) in [6.45, 7) is 6.83. The number of thioether (sulfide) groups is 1. The second-order valence-electron chi connectivity index (χ2n) is 5.63. The molecule has 1 N–H and O–H groups in total. The summed E-state index contributed by atoms with van der Waals surface area (Å²) >= 11 is 3.64. The van der Waals surface area contributed by atoms with Crippen molar-refractivity contribution in [3.8, 4) is 0 Å². The lowest BCUT2D eigenvalue weighted by atomic mass is 10.2. The van der Waals surface area contributed by atoms with Gasteiger partial charge < -0.3 is 10.2 Å². The third-order valence-corrected chi connectivity index (χ3v) is 5.79. The van der Waals surface area contributed by atoms with Gasteiger partial charge in [-0.3, -0.25) is 4.79 Å². The van der Waals surface area contributed by atoms with Crippen LogP contribution in [-0.4, -0.2) is 47.0 Å². The lowest BCUT2D eigenvalue weighted by molar-refractivity contribution is 0.0943. The number of fused-ring (bicyclic) bond motifs is 1. The fraction of sp³-hybridized carbons (Fsp3) is 0.562. The van der Waals surface area contributed by atoms with Crippen molar-refractivity contribution in [3.05, 3.63) is 16.1 Å². The maximum Gasteiger partial charge on any atom is 0.289 e. The topological polar surface area (TPSA) is 58.1 Å². The molecule has 0 spiro atoms. The summed E-state index contributed by atoms with van der Waals surface area (Å²) in [7, 11) is 0. The summed E-state index contributed by atoms with van der Waals surface area (Å²) in [5.41, 5.74) is 0.886. The molecule has 0 unspecified atom stereocenters. The molecule has 1 saturated heterocycles. The lowest BCUT2D eigenvalue weighted by Crippen LogP contribution is -2.34. The molecule has 1 amide bonds. The Morgan fingerprint density at radius 2 is 2.13 bits per heavy atom. The van der Waals surface area contributed by atoms with Crippen LogP contribution in [0.4, 0.5) is 5.82 Å². The van der Waals surface area contributed by atoms with Crippen LogP contribution in [0.1, 0.15) is 35.3 Å². The van der Waals surface area contributed by atoms with Gasteiger partial charge in [0.1, 0.15) is 5.82 Å². The Morgan fingerprint density at radius 1 is 1.35 bits per heavy atom. The van der Waals surface area contributed by atoms with E-state index in [1.165, 1.54) is 4.88 Å². The van der Waals surface area contributed by atoms with Crippen molar-refractivity contribution in [1.82, 2.24) is 15.3 Å². The van der Waals surface area contributed by atoms with Gasteiger partial charge in [-0.2, -0.15) is 11.8 Å². The molecule has 124 valence electrons. The second-order valence-corrected chi connectivity index (χ2v) is 7.94. The zero-order chi connectivity index (χ0) is 16.2. The number of nitrogens with zero attached hydrogens (tertiary/aromatic N) is 3. The van der Waals surface area contributed by atoms with E-state index in [9.17, 15) is 4.79 Å². The van der Waals surface area contributed by atoms with Crippen LogP contribution in [0.2, 0.25) is 0 Å². The predicted molar refractivity (Wildman–Crippen MR) is 98.9 cm³/mol. The molecule has 3 rings (SSSR count). The Hall–Kier alpha value is -1.34. The molecule has 1 aliphatic heterocycles. The number of unbranched alkanes of at least 4 members (excludes halogenated alkanes) is 1. The molecular weight excluding hydrogens is 328 g/mol. The van der Waals surface area contributed by atoms with Crippen molar-refractivity contribution in [2.24, 2.45) is 0 Å². The van der Waals surface area contributed by atoms with Gasteiger partial charge in [-0.25, -0.2) is 9.97 Å². The number of aromatic nitrogens is 2. The largest absolute Gasteiger partial charge is 0.354 e. The number of hydrogen-bond acceptors (Lipinski definition) is 6. The van der Waals surface area contributed by atoms with Crippen LogP contribution in [0.25, 0.3) is 10.9 Å². The molecule has 2 aromatic heterocycles. The van der Waals surface area contributed by atoms with Gasteiger partial charge in [0.05, 0.1) is 10.9 Å². The highest BCUT2D eigenvalue weighted by atomic mass is 32.2. The Kier molecular flexibility index (Phi) is 5.38. The molecule has 2 aromatic rings. The molecule has 0 saturated carbocycles. The van der Waals surface area contributed by atoms with E-state index in [2.05, 4.69) is 34.0 Å². The molecule has 23 heavy (non-hydrogen) atoms. The molecule has 1 aliphatic rings. The van der Waals surface area contributed by atoms with Gasteiger partial charge in [0.15, 0.2) is 0 Å². The third-order valence-electron chi connectivity index (χ3n) is 3.95. The van der Waals surface area contributed by atoms with Crippen molar-refractivity contribution >= 4 is 45.7 Å². The minimum atomic E-state index is -0.170. The highest BCUT2D eigenvalue weighted by molar-refractivity contribution is 7.99. The maximum absolute atomic E-state index is 12.3. The molecule has 3 heterocycles. The molecule has 0 aliphatic carbocycles. The van der Waals surface area contributed by atoms with Crippen molar-refractivity contribution in [3.63, 3.8) is 0 Å². The van der Waals surface area contributed by atoms with Gasteiger partial charge in [-0.15, -0.1) is 11.3 Å². The summed E-state index contributed by atoms with van der Waals surface area (Å²) in [5, 5.41) is 6.05. The first kappa shape index (κ1) is 16.5. The zero-order valence-corrected chi connectivity index (χ0v) is 15.2. The highest BCUT2D eigenvalue weighted by Gasteiger charge is 2.21. The minimum Gasteiger partial charge on any atom is -0.354 e. The number of carbonyl (C=O) groups is 1. The van der Waals surface area contributed by atoms with Gasteiger partial charge in [-0.1, -0.05) is 13.3 Å². The van der Waals surface area contributed by atoms with E-state index in [4.69, 9.17) is 0 Å². The molecular formula is C16H22N4OS2. The summed E-state index contributed by atoms with van der Waals surface area (Å²) in [6.07, 6.45) is 2.03. The predicted octanol–water partition coefficient (Wildman–Crippen LogP) is 3.08. The number of thiophene rings is 1. The molecule has 0 bridgehead atoms. The smallest absolute Gasteiger partial charge is 0.289 e. The number of amides is 1. The summed E-state index contributed by atoms with van der Waals surface area (Å²) in [6, 6.07) is 0. The Labute approximate surface area is 144 Å². The van der Waals surface area contributed by atoms with Crippen molar-refractivity contribution in [1.29, 1.82) is 0 Å². The Balaban J connectivity index is 1.95. The summed E-state index contributed by atoms with van der Waals surface area (Å²) in [4.78, 5) is 25.0. The average molecular weight is 351 g/mol. The van der Waals surface area contributed by atoms with Crippen LogP contribution in [0, 0.1) is 6.92 Å². The fourth-order valence-corrected chi connectivity index (χ4v) is 4.33. The summed E-state index contributed by atoms with van der Waals surface area (Å²) < 4.78 is 0. The van der Waals surface area contributed by atoms with Crippen LogP contribution >= 0.6 is 23.1 Å². The van der Waals surface area contributed by atoms with E-state index >= 15 is 0 Å². The zero-order valence-electron chi connectivity index (χ0n) is 13.6. The number of anilines is 1. The molecule has 0 atom stereocenters. The van der Waals surface area contributed by atoms with E-state index in [-0.39, 0.29) is 5.91 Å². The van der Waals surface area contributed by atoms with Gasteiger partial charge in [0, 0.05) is 41.4 Å². The molecule has 5 nitrogen and oxygen atoms in total. The standard InChI is InChI=1S/C16H22N4OS2/c1-3-4-5-17-16(21)14-18-12-10-23-11(2)13(12)15(19-14)20-6-8-22-9-7-20/h10H,3-9H2,1-2H3,(H,17,21). The van der Waals surface area contributed by atoms with E-state index in [1.54, 1.807) is 11.3 Å². The van der Waals surface area contributed by atoms with E-state index in [0.29, 0.717) is 12.4 Å². The Bertz CT molecular complexity index is 695. The molecule has 7 heteroatoms. The number of nitrogens with one attached hydrogen (secondary N) is 1. The SMILES string of the molecule is CCCCNC(=O)c1nc(N2CCSCC2)c2c(C)scc2n1. The first-order valence-corrected chi connectivity index (χ1v) is 10.1. The lowest BCUT2D eigenvalue weighted by Gasteiger charge is -2.28. The number of hydrogen-bond donors (Lipinski definition) is 1. The van der Waals surface area contributed by atoms with Gasteiger partial charge in [0.25, 0.3) is 5.91 Å². The minimum absolute atomic E-state index is 0.170. The third kappa shape index (κ3) is 3.61.